The Morgan fingerprint density at radius 2 is 1.77 bits per heavy atom. The van der Waals surface area contributed by atoms with Gasteiger partial charge in [-0.05, 0) is 38.5 Å². The summed E-state index contributed by atoms with van der Waals surface area (Å²) in [5.74, 6) is 0.0311. The molecule has 0 amide bonds. The van der Waals surface area contributed by atoms with Crippen LogP contribution in [0, 0.1) is 6.92 Å². The number of carbonyl (C=O) groups excluding carboxylic acids is 1. The van der Waals surface area contributed by atoms with Crippen molar-refractivity contribution >= 4 is 40.2 Å². The Morgan fingerprint density at radius 1 is 1.13 bits per heavy atom. The van der Waals surface area contributed by atoms with Gasteiger partial charge < -0.3 is 16.2 Å². The molecule has 0 unspecified atom stereocenters. The molecule has 0 saturated carbocycles. The molecule has 3 aromatic rings. The average molecular weight is 450 g/mol. The molecule has 0 aliphatic heterocycles. The third kappa shape index (κ3) is 5.64. The highest BCUT2D eigenvalue weighted by Crippen LogP contribution is 2.20. The van der Waals surface area contributed by atoms with E-state index in [1.165, 1.54) is 5.56 Å². The van der Waals surface area contributed by atoms with Gasteiger partial charge in [-0.1, -0.05) is 45.4 Å². The third-order valence-corrected chi connectivity index (χ3v) is 4.68. The van der Waals surface area contributed by atoms with Gasteiger partial charge in [-0.15, -0.1) is 0 Å². The lowest BCUT2D eigenvalue weighted by Gasteiger charge is -2.07. The van der Waals surface area contributed by atoms with Gasteiger partial charge in [-0.2, -0.15) is 0 Å². The number of aromatic nitrogens is 4. The number of nitrogens with zero attached hydrogens (tertiary/aromatic N) is 4. The zero-order valence-corrected chi connectivity index (χ0v) is 20.2. The first-order valence-electron chi connectivity index (χ1n) is 10.6. The largest absolute Gasteiger partial charge is 0.448 e. The number of hydrogen-bond donors (Lipinski definition) is 2. The minimum atomic E-state index is -0.700. The zero-order chi connectivity index (χ0) is 23.7. The Hall–Kier alpha value is -2.87. The number of hydrogen-bond acceptors (Lipinski definition) is 6. The summed E-state index contributed by atoms with van der Waals surface area (Å²) in [5.41, 5.74) is 14.5. The van der Waals surface area contributed by atoms with E-state index in [0.29, 0.717) is 0 Å². The van der Waals surface area contributed by atoms with E-state index in [0.717, 1.165) is 29.9 Å². The second kappa shape index (κ2) is 12.1. The number of anilines is 2. The van der Waals surface area contributed by atoms with Crippen LogP contribution < -0.4 is 16.0 Å². The zero-order valence-electron chi connectivity index (χ0n) is 19.5. The van der Waals surface area contributed by atoms with E-state index >= 15 is 0 Å². The number of imidazole rings is 1. The molecule has 1 aromatic carbocycles. The lowest BCUT2D eigenvalue weighted by Crippen LogP contribution is -2.37. The van der Waals surface area contributed by atoms with Crippen molar-refractivity contribution in [2.45, 2.75) is 68.2 Å². The molecule has 0 atom stereocenters. The van der Waals surface area contributed by atoms with Crippen LogP contribution >= 0.6 is 11.6 Å². The minimum Gasteiger partial charge on any atom is -0.448 e. The topological polar surface area (TPSA) is 113 Å². The maximum atomic E-state index is 12.4. The highest BCUT2D eigenvalue weighted by Gasteiger charge is 2.26. The summed E-state index contributed by atoms with van der Waals surface area (Å²) in [6.07, 6.45) is 0. The summed E-state index contributed by atoms with van der Waals surface area (Å²) in [6, 6.07) is 6.27. The first-order valence-corrected chi connectivity index (χ1v) is 11.0. The SMILES string of the molecule is CC.CC.CCn1c(COC(=O)c2nc(Cl)c(N)nc2N)[n+](CC)c2ccc(C)cc21. The summed E-state index contributed by atoms with van der Waals surface area (Å²) in [7, 11) is 0. The number of halogens is 1. The van der Waals surface area contributed by atoms with Crippen molar-refractivity contribution in [1.29, 1.82) is 0 Å². The number of nitrogens with two attached hydrogens (primary N) is 2. The first kappa shape index (κ1) is 26.2. The fourth-order valence-corrected chi connectivity index (χ4v) is 3.28. The van der Waals surface area contributed by atoms with Gasteiger partial charge in [0, 0.05) is 0 Å². The Balaban J connectivity index is 0.00000113. The summed E-state index contributed by atoms with van der Waals surface area (Å²) in [5, 5.41) is -0.0853. The van der Waals surface area contributed by atoms with E-state index in [9.17, 15) is 4.79 Å². The standard InChI is InChI=1S/C18H21ClN6O2.2C2H6/c1-4-24-11-7-6-10(3)8-12(11)25(5-2)13(24)9-27-18(26)14-16(20)23-17(21)15(19)22-14;2*1-2/h6-8H,4-5,9H2,1-3H3,(H3-,20,21,23,26);2*1-2H3/p+1. The van der Waals surface area contributed by atoms with Crippen LogP contribution in [0.15, 0.2) is 18.2 Å². The Labute approximate surface area is 189 Å². The van der Waals surface area contributed by atoms with Gasteiger partial charge in [-0.25, -0.2) is 23.9 Å². The quantitative estimate of drug-likeness (QED) is 0.443. The van der Waals surface area contributed by atoms with Crippen LogP contribution in [-0.2, 0) is 24.4 Å². The molecule has 0 aliphatic carbocycles. The van der Waals surface area contributed by atoms with Crippen molar-refractivity contribution < 1.29 is 14.1 Å². The maximum absolute atomic E-state index is 12.4. The molecule has 0 radical (unpaired) electrons. The Bertz CT molecular complexity index is 1030. The molecule has 2 heterocycles. The Kier molecular flexibility index (Phi) is 10.2. The molecule has 2 aromatic heterocycles. The van der Waals surface area contributed by atoms with Crippen molar-refractivity contribution in [2.75, 3.05) is 11.5 Å². The van der Waals surface area contributed by atoms with E-state index in [4.69, 9.17) is 27.8 Å². The second-order valence-electron chi connectivity index (χ2n) is 6.11. The van der Waals surface area contributed by atoms with Crippen LogP contribution in [0.4, 0.5) is 11.6 Å². The fraction of sp³-hybridized carbons (Fsp3) is 0.455. The third-order valence-electron chi connectivity index (χ3n) is 4.40. The number of ether oxygens (including phenoxy) is 1. The van der Waals surface area contributed by atoms with Crippen molar-refractivity contribution in [3.63, 3.8) is 0 Å². The van der Waals surface area contributed by atoms with Crippen molar-refractivity contribution in [3.8, 4) is 0 Å². The summed E-state index contributed by atoms with van der Waals surface area (Å²) >= 11 is 5.84. The molecular formula is C22H34ClN6O2+. The smallest absolute Gasteiger partial charge is 0.361 e. The molecule has 0 aliphatic rings. The number of esters is 1. The monoisotopic (exact) mass is 449 g/mol. The van der Waals surface area contributed by atoms with E-state index in [2.05, 4.69) is 51.1 Å². The number of benzene rings is 1. The van der Waals surface area contributed by atoms with Gasteiger partial charge in [0.2, 0.25) is 0 Å². The van der Waals surface area contributed by atoms with Crippen LogP contribution in [0.1, 0.15) is 63.4 Å². The molecule has 0 spiro atoms. The molecule has 8 nitrogen and oxygen atoms in total. The van der Waals surface area contributed by atoms with Crippen LogP contribution in [0.25, 0.3) is 11.0 Å². The minimum absolute atomic E-state index is 0.0315. The van der Waals surface area contributed by atoms with Crippen LogP contribution in [0.2, 0.25) is 5.15 Å². The van der Waals surface area contributed by atoms with Gasteiger partial charge in [0.15, 0.2) is 40.1 Å². The molecule has 9 heteroatoms. The molecule has 3 rings (SSSR count). The lowest BCUT2D eigenvalue weighted by atomic mass is 10.2. The molecule has 4 N–H and O–H groups in total. The highest BCUT2D eigenvalue weighted by atomic mass is 35.5. The van der Waals surface area contributed by atoms with Crippen LogP contribution in [0.3, 0.4) is 0 Å². The number of carbonyl (C=O) groups is 1. The number of nitrogen functional groups attached to an aromatic ring is 2. The average Bonchev–Trinajstić information content (AvgIpc) is 3.08. The lowest BCUT2D eigenvalue weighted by molar-refractivity contribution is -0.678. The number of fused-ring (bicyclic) bond motifs is 1. The Morgan fingerprint density at radius 3 is 2.35 bits per heavy atom. The van der Waals surface area contributed by atoms with E-state index < -0.39 is 5.97 Å². The molecule has 0 bridgehead atoms. The molecule has 170 valence electrons. The van der Waals surface area contributed by atoms with Crippen molar-refractivity contribution in [3.05, 3.63) is 40.4 Å². The molecule has 31 heavy (non-hydrogen) atoms. The molecule has 0 saturated heterocycles. The predicted octanol–water partition coefficient (Wildman–Crippen LogP) is 4.29. The van der Waals surface area contributed by atoms with Gasteiger partial charge in [-0.3, -0.25) is 0 Å². The van der Waals surface area contributed by atoms with E-state index in [1.807, 2.05) is 34.6 Å². The van der Waals surface area contributed by atoms with Crippen LogP contribution in [0.5, 0.6) is 0 Å². The second-order valence-corrected chi connectivity index (χ2v) is 6.46. The summed E-state index contributed by atoms with van der Waals surface area (Å²) < 4.78 is 9.72. The van der Waals surface area contributed by atoms with Gasteiger partial charge in [0.1, 0.15) is 0 Å². The normalized spacial score (nSPS) is 10.1. The molecule has 0 fully saturated rings. The summed E-state index contributed by atoms with van der Waals surface area (Å²) in [6.45, 7) is 15.7. The molecular weight excluding hydrogens is 416 g/mol. The van der Waals surface area contributed by atoms with Gasteiger partial charge in [0.25, 0.3) is 5.82 Å². The maximum Gasteiger partial charge on any atom is 0.361 e. The van der Waals surface area contributed by atoms with Crippen molar-refractivity contribution in [1.82, 2.24) is 14.5 Å². The predicted molar refractivity (Wildman–Crippen MR) is 126 cm³/mol. The summed E-state index contributed by atoms with van der Waals surface area (Å²) in [4.78, 5) is 20.1. The van der Waals surface area contributed by atoms with Crippen molar-refractivity contribution in [2.24, 2.45) is 0 Å². The number of rotatable bonds is 5. The van der Waals surface area contributed by atoms with E-state index in [-0.39, 0.29) is 29.1 Å². The number of aryl methyl sites for hydroxylation is 3. The fourth-order valence-electron chi connectivity index (χ4n) is 3.15. The van der Waals surface area contributed by atoms with Gasteiger partial charge >= 0.3 is 5.97 Å². The highest BCUT2D eigenvalue weighted by molar-refractivity contribution is 6.31. The van der Waals surface area contributed by atoms with E-state index in [1.54, 1.807) is 0 Å². The van der Waals surface area contributed by atoms with Gasteiger partial charge in [0.05, 0.1) is 13.1 Å². The first-order chi connectivity index (χ1) is 14.9. The van der Waals surface area contributed by atoms with Crippen LogP contribution in [-0.4, -0.2) is 20.5 Å².